The Morgan fingerprint density at radius 1 is 1.06 bits per heavy atom. The first-order chi connectivity index (χ1) is 16.0. The molecule has 0 radical (unpaired) electrons. The fourth-order valence-corrected chi connectivity index (χ4v) is 4.01. The van der Waals surface area contributed by atoms with Crippen LogP contribution in [0, 0.1) is 0 Å². The number of rotatable bonds is 7. The van der Waals surface area contributed by atoms with Crippen LogP contribution in [0.2, 0.25) is 0 Å². The average Bonchev–Trinajstić information content (AvgIpc) is 3.22. The van der Waals surface area contributed by atoms with Gasteiger partial charge in [-0.1, -0.05) is 54.6 Å². The quantitative estimate of drug-likeness (QED) is 0.329. The summed E-state index contributed by atoms with van der Waals surface area (Å²) in [6.45, 7) is 0. The van der Waals surface area contributed by atoms with Gasteiger partial charge < -0.3 is 4.98 Å². The zero-order valence-electron chi connectivity index (χ0n) is 17.8. The van der Waals surface area contributed by atoms with Gasteiger partial charge in [0, 0.05) is 29.7 Å². The molecule has 0 bridgehead atoms. The van der Waals surface area contributed by atoms with Crippen LogP contribution in [-0.4, -0.2) is 43.9 Å². The third-order valence-electron chi connectivity index (χ3n) is 5.28. The number of benzene rings is 2. The fourth-order valence-electron chi connectivity index (χ4n) is 3.65. The van der Waals surface area contributed by atoms with E-state index in [2.05, 4.69) is 10.1 Å². The maximum absolute atomic E-state index is 12.8. The topological polar surface area (TPSA) is 85.8 Å². The maximum Gasteiger partial charge on any atom is 0.258 e. The molecule has 1 aliphatic rings. The number of imide groups is 1. The van der Waals surface area contributed by atoms with Crippen molar-refractivity contribution in [1.29, 1.82) is 0 Å². The molecule has 1 aromatic heterocycles. The summed E-state index contributed by atoms with van der Waals surface area (Å²) in [6, 6.07) is 17.5. The standard InChI is InChI=1S/C25H22N4O3S/c30-22(14-6-11-19-17-26-21-13-5-4-12-20(19)21)28-23(31)16-24(32)29(25(28)33)27-15-7-10-18-8-2-1-3-9-18/h1-5,7-10,12-13,15,17,26H,6,11,14,16H2/b10-7+,27-15+. The molecule has 0 spiro atoms. The van der Waals surface area contributed by atoms with Crippen LogP contribution in [0.5, 0.6) is 0 Å². The van der Waals surface area contributed by atoms with E-state index in [9.17, 15) is 14.4 Å². The summed E-state index contributed by atoms with van der Waals surface area (Å²) in [4.78, 5) is 41.6. The first-order valence-electron chi connectivity index (χ1n) is 10.6. The molecule has 1 aliphatic heterocycles. The number of aromatic nitrogens is 1. The van der Waals surface area contributed by atoms with Crippen molar-refractivity contribution in [3.63, 3.8) is 0 Å². The van der Waals surface area contributed by atoms with Crippen molar-refractivity contribution < 1.29 is 14.4 Å². The number of nitrogens with zero attached hydrogens (tertiary/aromatic N) is 3. The van der Waals surface area contributed by atoms with Gasteiger partial charge in [0.15, 0.2) is 0 Å². The summed E-state index contributed by atoms with van der Waals surface area (Å²) < 4.78 is 0. The number of hydrazone groups is 1. The average molecular weight is 459 g/mol. The first kappa shape index (κ1) is 22.3. The molecular weight excluding hydrogens is 436 g/mol. The van der Waals surface area contributed by atoms with Crippen molar-refractivity contribution in [1.82, 2.24) is 14.9 Å². The van der Waals surface area contributed by atoms with Gasteiger partial charge in [-0.25, -0.2) is 4.90 Å². The molecule has 8 heteroatoms. The minimum Gasteiger partial charge on any atom is -0.361 e. The lowest BCUT2D eigenvalue weighted by molar-refractivity contribution is -0.146. The van der Waals surface area contributed by atoms with Gasteiger partial charge in [-0.2, -0.15) is 10.1 Å². The monoisotopic (exact) mass is 458 g/mol. The molecule has 1 saturated heterocycles. The summed E-state index contributed by atoms with van der Waals surface area (Å²) in [5, 5.41) is 5.90. The fraction of sp³-hybridized carbons (Fsp3) is 0.160. The highest BCUT2D eigenvalue weighted by Crippen LogP contribution is 2.20. The zero-order valence-corrected chi connectivity index (χ0v) is 18.6. The smallest absolute Gasteiger partial charge is 0.258 e. The summed E-state index contributed by atoms with van der Waals surface area (Å²) in [7, 11) is 0. The lowest BCUT2D eigenvalue weighted by Gasteiger charge is -2.30. The number of thiocarbonyl (C=S) groups is 1. The molecule has 0 atom stereocenters. The number of fused-ring (bicyclic) bond motifs is 1. The molecule has 33 heavy (non-hydrogen) atoms. The van der Waals surface area contributed by atoms with Crippen molar-refractivity contribution in [2.45, 2.75) is 25.7 Å². The second-order valence-corrected chi connectivity index (χ2v) is 7.90. The highest BCUT2D eigenvalue weighted by atomic mass is 32.1. The first-order valence-corrected chi connectivity index (χ1v) is 11.0. The second kappa shape index (κ2) is 10.1. The molecule has 1 fully saturated rings. The van der Waals surface area contributed by atoms with Crippen LogP contribution >= 0.6 is 12.2 Å². The van der Waals surface area contributed by atoms with Gasteiger partial charge >= 0.3 is 0 Å². The van der Waals surface area contributed by atoms with Gasteiger partial charge in [0.1, 0.15) is 6.42 Å². The van der Waals surface area contributed by atoms with Gasteiger partial charge in [-0.05, 0) is 48.3 Å². The van der Waals surface area contributed by atoms with E-state index in [1.54, 1.807) is 6.08 Å². The molecule has 3 aromatic rings. The van der Waals surface area contributed by atoms with Crippen LogP contribution in [0.25, 0.3) is 17.0 Å². The summed E-state index contributed by atoms with van der Waals surface area (Å²) in [5.74, 6) is -1.61. The molecule has 166 valence electrons. The molecule has 0 aliphatic carbocycles. The number of aryl methyl sites for hydroxylation is 1. The van der Waals surface area contributed by atoms with Gasteiger partial charge in [-0.15, -0.1) is 0 Å². The van der Waals surface area contributed by atoms with Gasteiger partial charge in [-0.3, -0.25) is 14.4 Å². The van der Waals surface area contributed by atoms with Crippen molar-refractivity contribution in [2.24, 2.45) is 5.10 Å². The van der Waals surface area contributed by atoms with E-state index in [4.69, 9.17) is 12.2 Å². The van der Waals surface area contributed by atoms with Gasteiger partial charge in [0.2, 0.25) is 16.9 Å². The Labute approximate surface area is 196 Å². The van der Waals surface area contributed by atoms with Crippen LogP contribution in [0.4, 0.5) is 0 Å². The van der Waals surface area contributed by atoms with E-state index in [1.807, 2.05) is 66.9 Å². The number of hydrogen-bond donors (Lipinski definition) is 1. The predicted octanol–water partition coefficient (Wildman–Crippen LogP) is 4.06. The second-order valence-electron chi connectivity index (χ2n) is 7.54. The summed E-state index contributed by atoms with van der Waals surface area (Å²) in [6.07, 6.45) is 7.73. The van der Waals surface area contributed by atoms with Crippen molar-refractivity contribution in [3.05, 3.63) is 78.0 Å². The Morgan fingerprint density at radius 2 is 1.82 bits per heavy atom. The number of amides is 3. The Kier molecular flexibility index (Phi) is 6.85. The molecule has 7 nitrogen and oxygen atoms in total. The third kappa shape index (κ3) is 5.12. The summed E-state index contributed by atoms with van der Waals surface area (Å²) >= 11 is 5.26. The number of carbonyl (C=O) groups is 3. The van der Waals surface area contributed by atoms with E-state index in [0.717, 1.165) is 31.9 Å². The molecule has 4 rings (SSSR count). The van der Waals surface area contributed by atoms with Crippen LogP contribution in [0.3, 0.4) is 0 Å². The van der Waals surface area contributed by atoms with E-state index < -0.39 is 24.1 Å². The minimum absolute atomic E-state index is 0.130. The molecule has 1 N–H and O–H groups in total. The number of allylic oxidation sites excluding steroid dienone is 1. The highest BCUT2D eigenvalue weighted by molar-refractivity contribution is 7.80. The Morgan fingerprint density at radius 3 is 2.64 bits per heavy atom. The normalized spacial score (nSPS) is 14.8. The third-order valence-corrected chi connectivity index (χ3v) is 5.63. The van der Waals surface area contributed by atoms with Crippen LogP contribution < -0.4 is 0 Å². The minimum atomic E-state index is -0.617. The number of hydrogen-bond acceptors (Lipinski definition) is 5. The van der Waals surface area contributed by atoms with E-state index in [0.29, 0.717) is 12.8 Å². The van der Waals surface area contributed by atoms with Crippen molar-refractivity contribution in [3.8, 4) is 0 Å². The summed E-state index contributed by atoms with van der Waals surface area (Å²) in [5.41, 5.74) is 3.12. The number of H-pyrrole nitrogens is 1. The lowest BCUT2D eigenvalue weighted by atomic mass is 10.1. The number of carbonyl (C=O) groups excluding carboxylic acids is 3. The van der Waals surface area contributed by atoms with Crippen LogP contribution in [-0.2, 0) is 20.8 Å². The largest absolute Gasteiger partial charge is 0.361 e. The maximum atomic E-state index is 12.8. The molecule has 0 unspecified atom stereocenters. The highest BCUT2D eigenvalue weighted by Gasteiger charge is 2.38. The van der Waals surface area contributed by atoms with Crippen LogP contribution in [0.15, 0.2) is 72.0 Å². The van der Waals surface area contributed by atoms with Crippen molar-refractivity contribution >= 4 is 58.2 Å². The molecule has 2 heterocycles. The number of para-hydroxylation sites is 1. The Hall–Kier alpha value is -3.91. The molecule has 2 aromatic carbocycles. The van der Waals surface area contributed by atoms with Gasteiger partial charge in [0.05, 0.1) is 0 Å². The van der Waals surface area contributed by atoms with E-state index in [-0.39, 0.29) is 11.5 Å². The zero-order chi connectivity index (χ0) is 23.2. The molecular formula is C25H22N4O3S. The predicted molar refractivity (Wildman–Crippen MR) is 131 cm³/mol. The van der Waals surface area contributed by atoms with E-state index in [1.165, 1.54) is 6.21 Å². The van der Waals surface area contributed by atoms with Crippen LogP contribution in [0.1, 0.15) is 30.4 Å². The van der Waals surface area contributed by atoms with Gasteiger partial charge in [0.25, 0.3) is 5.91 Å². The Balaban J connectivity index is 1.37. The van der Waals surface area contributed by atoms with E-state index >= 15 is 0 Å². The molecule has 3 amide bonds. The number of aromatic amines is 1. The number of nitrogens with one attached hydrogen (secondary N) is 1. The SMILES string of the molecule is O=C1CC(=O)N(C(=O)CCCc2c[nH]c3ccccc23)C(=S)N1/N=C/C=C/c1ccccc1. The lowest BCUT2D eigenvalue weighted by Crippen LogP contribution is -2.55. The van der Waals surface area contributed by atoms with Crippen molar-refractivity contribution in [2.75, 3.05) is 0 Å². The molecule has 0 saturated carbocycles. The Bertz CT molecular complexity index is 1260.